The molecule has 6 nitrogen and oxygen atoms in total. The first-order valence-corrected chi connectivity index (χ1v) is 6.62. The summed E-state index contributed by atoms with van der Waals surface area (Å²) in [6.45, 7) is 1.47. The summed E-state index contributed by atoms with van der Waals surface area (Å²) >= 11 is 0. The van der Waals surface area contributed by atoms with Gasteiger partial charge in [-0.1, -0.05) is 0 Å². The molecule has 122 valence electrons. The smallest absolute Gasteiger partial charge is 0.376 e. The van der Waals surface area contributed by atoms with Gasteiger partial charge in [0.15, 0.2) is 0 Å². The molecule has 0 aliphatic rings. The molecule has 0 N–H and O–H groups in total. The van der Waals surface area contributed by atoms with Crippen LogP contribution in [0.15, 0.2) is 17.7 Å². The Morgan fingerprint density at radius 3 is 2.23 bits per heavy atom. The largest absolute Gasteiger partial charge is 0.481 e. The molecule has 0 aliphatic heterocycles. The van der Waals surface area contributed by atoms with Crippen LogP contribution in [0, 0.1) is 0 Å². The number of nitrogens with zero attached hydrogens (tertiary/aromatic N) is 2. The molecule has 1 aromatic rings. The Labute approximate surface area is 127 Å². The van der Waals surface area contributed by atoms with Crippen LogP contribution >= 0.6 is 0 Å². The highest BCUT2D eigenvalue weighted by molar-refractivity contribution is 5.85. The SMILES string of the molecule is COc1cc(OC)nc(C(=O)OCCCCC(C)=C(F)F)n1. The maximum Gasteiger partial charge on any atom is 0.376 e. The van der Waals surface area contributed by atoms with Gasteiger partial charge in [0.25, 0.3) is 6.08 Å². The van der Waals surface area contributed by atoms with Crippen LogP contribution in [0.2, 0.25) is 0 Å². The number of ether oxygens (including phenoxy) is 3. The Hall–Kier alpha value is -2.25. The molecule has 0 atom stereocenters. The van der Waals surface area contributed by atoms with E-state index in [1.807, 2.05) is 0 Å². The Morgan fingerprint density at radius 2 is 1.73 bits per heavy atom. The summed E-state index contributed by atoms with van der Waals surface area (Å²) in [5, 5.41) is 0. The molecule has 0 unspecified atom stereocenters. The number of esters is 1. The van der Waals surface area contributed by atoms with Crippen LogP contribution in [0.1, 0.15) is 36.8 Å². The Morgan fingerprint density at radius 1 is 1.14 bits per heavy atom. The predicted molar refractivity (Wildman–Crippen MR) is 74.2 cm³/mol. The quantitative estimate of drug-likeness (QED) is 0.542. The van der Waals surface area contributed by atoms with Crippen LogP contribution in [0.25, 0.3) is 0 Å². The molecule has 0 radical (unpaired) electrons. The maximum atomic E-state index is 12.2. The molecule has 0 spiro atoms. The Balaban J connectivity index is 2.47. The van der Waals surface area contributed by atoms with Gasteiger partial charge < -0.3 is 14.2 Å². The lowest BCUT2D eigenvalue weighted by molar-refractivity contribution is 0.0481. The van der Waals surface area contributed by atoms with Crippen molar-refractivity contribution in [2.75, 3.05) is 20.8 Å². The van der Waals surface area contributed by atoms with Gasteiger partial charge in [-0.05, 0) is 31.8 Å². The average molecular weight is 316 g/mol. The summed E-state index contributed by atoms with van der Waals surface area (Å²) in [4.78, 5) is 19.5. The zero-order valence-electron chi connectivity index (χ0n) is 12.7. The number of unbranched alkanes of at least 4 members (excludes halogenated alkanes) is 1. The van der Waals surface area contributed by atoms with E-state index < -0.39 is 12.0 Å². The summed E-state index contributed by atoms with van der Waals surface area (Å²) in [7, 11) is 2.80. The van der Waals surface area contributed by atoms with Crippen LogP contribution in [-0.2, 0) is 4.74 Å². The summed E-state index contributed by atoms with van der Waals surface area (Å²) in [5.41, 5.74) is 0.0483. The van der Waals surface area contributed by atoms with E-state index >= 15 is 0 Å². The van der Waals surface area contributed by atoms with E-state index in [2.05, 4.69) is 9.97 Å². The molecule has 0 aliphatic carbocycles. The Kier molecular flexibility index (Phi) is 7.21. The van der Waals surface area contributed by atoms with Gasteiger partial charge in [-0.25, -0.2) is 4.79 Å². The van der Waals surface area contributed by atoms with Crippen LogP contribution < -0.4 is 9.47 Å². The molecule has 22 heavy (non-hydrogen) atoms. The molecule has 0 saturated carbocycles. The van der Waals surface area contributed by atoms with E-state index in [9.17, 15) is 13.6 Å². The van der Waals surface area contributed by atoms with Crippen molar-refractivity contribution in [1.29, 1.82) is 0 Å². The van der Waals surface area contributed by atoms with Crippen LogP contribution in [0.5, 0.6) is 11.8 Å². The molecule has 0 amide bonds. The minimum Gasteiger partial charge on any atom is -0.481 e. The lowest BCUT2D eigenvalue weighted by Gasteiger charge is -2.07. The number of allylic oxidation sites excluding steroid dienone is 1. The van der Waals surface area contributed by atoms with Crippen molar-refractivity contribution >= 4 is 5.97 Å². The number of halogens is 2. The van der Waals surface area contributed by atoms with Crippen molar-refractivity contribution in [2.24, 2.45) is 0 Å². The average Bonchev–Trinajstić information content (AvgIpc) is 2.53. The zero-order chi connectivity index (χ0) is 16.5. The van der Waals surface area contributed by atoms with Gasteiger partial charge in [0, 0.05) is 0 Å². The number of hydrogen-bond donors (Lipinski definition) is 0. The predicted octanol–water partition coefficient (Wildman–Crippen LogP) is 2.99. The standard InChI is InChI=1S/C14H18F2N2O4/c1-9(12(15)16)6-4-5-7-22-14(19)13-17-10(20-2)8-11(18-13)21-3/h8H,4-7H2,1-3H3. The zero-order valence-corrected chi connectivity index (χ0v) is 12.7. The molecule has 0 fully saturated rings. The first-order valence-electron chi connectivity index (χ1n) is 6.62. The summed E-state index contributed by atoms with van der Waals surface area (Å²) in [6, 6.07) is 1.43. The molecule has 0 bridgehead atoms. The molecule has 1 heterocycles. The van der Waals surface area contributed by atoms with Gasteiger partial charge in [-0.2, -0.15) is 18.7 Å². The number of methoxy groups -OCH3 is 2. The molecule has 8 heteroatoms. The molecular weight excluding hydrogens is 298 g/mol. The highest BCUT2D eigenvalue weighted by Crippen LogP contribution is 2.16. The molecule has 0 saturated heterocycles. The minimum atomic E-state index is -1.66. The maximum absolute atomic E-state index is 12.2. The Bertz CT molecular complexity index is 523. The van der Waals surface area contributed by atoms with E-state index in [1.165, 1.54) is 27.2 Å². The van der Waals surface area contributed by atoms with Crippen molar-refractivity contribution < 1.29 is 27.8 Å². The van der Waals surface area contributed by atoms with E-state index in [0.29, 0.717) is 12.8 Å². The normalized spacial score (nSPS) is 10.0. The lowest BCUT2D eigenvalue weighted by Crippen LogP contribution is -2.12. The number of carbonyl (C=O) groups is 1. The van der Waals surface area contributed by atoms with E-state index in [0.717, 1.165) is 0 Å². The van der Waals surface area contributed by atoms with Crippen LogP contribution in [0.3, 0.4) is 0 Å². The van der Waals surface area contributed by atoms with Gasteiger partial charge in [-0.15, -0.1) is 0 Å². The van der Waals surface area contributed by atoms with Crippen molar-refractivity contribution in [3.63, 3.8) is 0 Å². The number of carbonyl (C=O) groups excluding carboxylic acids is 1. The number of aromatic nitrogens is 2. The van der Waals surface area contributed by atoms with Crippen molar-refractivity contribution in [3.05, 3.63) is 23.5 Å². The van der Waals surface area contributed by atoms with E-state index in [1.54, 1.807) is 0 Å². The second-order valence-corrected chi connectivity index (χ2v) is 4.41. The first-order chi connectivity index (χ1) is 10.5. The summed E-state index contributed by atoms with van der Waals surface area (Å²) in [5.74, 6) is -0.542. The van der Waals surface area contributed by atoms with Gasteiger partial charge in [0.05, 0.1) is 26.9 Å². The topological polar surface area (TPSA) is 70.5 Å². The van der Waals surface area contributed by atoms with E-state index in [4.69, 9.17) is 14.2 Å². The molecule has 0 aromatic carbocycles. The van der Waals surface area contributed by atoms with Crippen molar-refractivity contribution in [2.45, 2.75) is 26.2 Å². The third kappa shape index (κ3) is 5.63. The van der Waals surface area contributed by atoms with Gasteiger partial charge in [-0.3, -0.25) is 0 Å². The third-order valence-electron chi connectivity index (χ3n) is 2.78. The number of rotatable bonds is 8. The fourth-order valence-corrected chi connectivity index (χ4v) is 1.52. The van der Waals surface area contributed by atoms with E-state index in [-0.39, 0.29) is 36.2 Å². The summed E-state index contributed by atoms with van der Waals surface area (Å²) < 4.78 is 39.2. The van der Waals surface area contributed by atoms with Crippen molar-refractivity contribution in [3.8, 4) is 11.8 Å². The highest BCUT2D eigenvalue weighted by atomic mass is 19.3. The fourth-order valence-electron chi connectivity index (χ4n) is 1.52. The first kappa shape index (κ1) is 17.8. The minimum absolute atomic E-state index is 0.0483. The molecular formula is C14H18F2N2O4. The second kappa shape index (κ2) is 8.91. The third-order valence-corrected chi connectivity index (χ3v) is 2.78. The van der Waals surface area contributed by atoms with Gasteiger partial charge in [0.2, 0.25) is 17.6 Å². The van der Waals surface area contributed by atoms with Crippen LogP contribution in [-0.4, -0.2) is 36.8 Å². The summed E-state index contributed by atoms with van der Waals surface area (Å²) in [6.07, 6.45) is -0.423. The molecule has 1 rings (SSSR count). The monoisotopic (exact) mass is 316 g/mol. The molecule has 1 aromatic heterocycles. The fraction of sp³-hybridized carbons (Fsp3) is 0.500. The van der Waals surface area contributed by atoms with Gasteiger partial charge >= 0.3 is 5.97 Å². The van der Waals surface area contributed by atoms with Crippen LogP contribution in [0.4, 0.5) is 8.78 Å². The lowest BCUT2D eigenvalue weighted by atomic mass is 10.1. The number of hydrogen-bond acceptors (Lipinski definition) is 6. The van der Waals surface area contributed by atoms with Crippen molar-refractivity contribution in [1.82, 2.24) is 9.97 Å². The van der Waals surface area contributed by atoms with Gasteiger partial charge in [0.1, 0.15) is 0 Å². The second-order valence-electron chi connectivity index (χ2n) is 4.41. The highest BCUT2D eigenvalue weighted by Gasteiger charge is 2.14.